The van der Waals surface area contributed by atoms with Gasteiger partial charge in [0.2, 0.25) is 0 Å². The zero-order chi connectivity index (χ0) is 11.5. The van der Waals surface area contributed by atoms with E-state index in [0.717, 1.165) is 25.3 Å². The van der Waals surface area contributed by atoms with E-state index in [1.165, 1.54) is 5.56 Å². The fraction of sp³-hybridized carbons (Fsp3) is 0.615. The van der Waals surface area contributed by atoms with Gasteiger partial charge in [0.25, 0.3) is 0 Å². The van der Waals surface area contributed by atoms with Crippen LogP contribution in [0.15, 0.2) is 18.3 Å². The third kappa shape index (κ3) is 2.60. The van der Waals surface area contributed by atoms with Gasteiger partial charge in [-0.05, 0) is 32.4 Å². The SMILES string of the molecule is Cc1ncccc1CN1CC(C)NCC1C. The van der Waals surface area contributed by atoms with Gasteiger partial charge < -0.3 is 5.32 Å². The van der Waals surface area contributed by atoms with Crippen molar-refractivity contribution in [2.24, 2.45) is 0 Å². The molecule has 2 rings (SSSR count). The summed E-state index contributed by atoms with van der Waals surface area (Å²) in [5.74, 6) is 0. The van der Waals surface area contributed by atoms with Crippen molar-refractivity contribution in [1.82, 2.24) is 15.2 Å². The van der Waals surface area contributed by atoms with Gasteiger partial charge >= 0.3 is 0 Å². The van der Waals surface area contributed by atoms with Gasteiger partial charge in [0, 0.05) is 43.6 Å². The predicted molar refractivity (Wildman–Crippen MR) is 66.3 cm³/mol. The normalized spacial score (nSPS) is 26.9. The molecule has 1 N–H and O–H groups in total. The first-order chi connectivity index (χ1) is 7.66. The Morgan fingerprint density at radius 3 is 3.06 bits per heavy atom. The molecule has 0 aromatic carbocycles. The zero-order valence-corrected chi connectivity index (χ0v) is 10.4. The fourth-order valence-electron chi connectivity index (χ4n) is 2.22. The Bertz CT molecular complexity index is 351. The van der Waals surface area contributed by atoms with E-state index in [0.29, 0.717) is 12.1 Å². The topological polar surface area (TPSA) is 28.2 Å². The minimum Gasteiger partial charge on any atom is -0.311 e. The first kappa shape index (κ1) is 11.6. The van der Waals surface area contributed by atoms with Crippen LogP contribution in [-0.2, 0) is 6.54 Å². The average Bonchev–Trinajstić information content (AvgIpc) is 2.27. The molecular weight excluding hydrogens is 198 g/mol. The summed E-state index contributed by atoms with van der Waals surface area (Å²) in [5, 5.41) is 3.50. The Labute approximate surface area is 97.9 Å². The summed E-state index contributed by atoms with van der Waals surface area (Å²) in [4.78, 5) is 6.88. The molecule has 0 amide bonds. The van der Waals surface area contributed by atoms with E-state index in [-0.39, 0.29) is 0 Å². The summed E-state index contributed by atoms with van der Waals surface area (Å²) in [6.45, 7) is 9.84. The zero-order valence-electron chi connectivity index (χ0n) is 10.4. The number of piperazine rings is 1. The second kappa shape index (κ2) is 4.93. The number of nitrogens with zero attached hydrogens (tertiary/aromatic N) is 2. The molecule has 3 heteroatoms. The van der Waals surface area contributed by atoms with Crippen LogP contribution in [0.1, 0.15) is 25.1 Å². The number of aromatic nitrogens is 1. The highest BCUT2D eigenvalue weighted by molar-refractivity contribution is 5.18. The maximum atomic E-state index is 4.35. The maximum absolute atomic E-state index is 4.35. The van der Waals surface area contributed by atoms with Crippen molar-refractivity contribution in [1.29, 1.82) is 0 Å². The molecule has 1 aliphatic rings. The van der Waals surface area contributed by atoms with Crippen LogP contribution in [0, 0.1) is 6.92 Å². The van der Waals surface area contributed by atoms with Crippen LogP contribution in [0.5, 0.6) is 0 Å². The van der Waals surface area contributed by atoms with E-state index in [9.17, 15) is 0 Å². The van der Waals surface area contributed by atoms with E-state index >= 15 is 0 Å². The Morgan fingerprint density at radius 2 is 2.31 bits per heavy atom. The van der Waals surface area contributed by atoms with Crippen LogP contribution in [0.3, 0.4) is 0 Å². The second-order valence-electron chi connectivity index (χ2n) is 4.84. The molecule has 16 heavy (non-hydrogen) atoms. The van der Waals surface area contributed by atoms with Gasteiger partial charge in [-0.25, -0.2) is 0 Å². The third-order valence-corrected chi connectivity index (χ3v) is 3.38. The summed E-state index contributed by atoms with van der Waals surface area (Å²) in [6, 6.07) is 5.41. The Morgan fingerprint density at radius 1 is 1.50 bits per heavy atom. The smallest absolute Gasteiger partial charge is 0.0417 e. The molecule has 88 valence electrons. The molecule has 1 aromatic heterocycles. The summed E-state index contributed by atoms with van der Waals surface area (Å²) >= 11 is 0. The van der Waals surface area contributed by atoms with Crippen LogP contribution in [0.25, 0.3) is 0 Å². The van der Waals surface area contributed by atoms with E-state index in [4.69, 9.17) is 0 Å². The van der Waals surface area contributed by atoms with Crippen molar-refractivity contribution in [3.05, 3.63) is 29.6 Å². The molecule has 2 atom stereocenters. The van der Waals surface area contributed by atoms with Gasteiger partial charge in [0.15, 0.2) is 0 Å². The van der Waals surface area contributed by atoms with Crippen LogP contribution < -0.4 is 5.32 Å². The van der Waals surface area contributed by atoms with Crippen molar-refractivity contribution in [2.75, 3.05) is 13.1 Å². The molecule has 0 spiro atoms. The molecule has 3 nitrogen and oxygen atoms in total. The summed E-state index contributed by atoms with van der Waals surface area (Å²) in [7, 11) is 0. The third-order valence-electron chi connectivity index (χ3n) is 3.38. The summed E-state index contributed by atoms with van der Waals surface area (Å²) in [6.07, 6.45) is 1.86. The average molecular weight is 219 g/mol. The molecule has 1 saturated heterocycles. The summed E-state index contributed by atoms with van der Waals surface area (Å²) in [5.41, 5.74) is 2.50. The quantitative estimate of drug-likeness (QED) is 0.818. The molecular formula is C13H21N3. The van der Waals surface area contributed by atoms with Crippen molar-refractivity contribution in [3.8, 4) is 0 Å². The molecule has 1 aromatic rings. The lowest BCUT2D eigenvalue weighted by Gasteiger charge is -2.37. The molecule has 1 aliphatic heterocycles. The lowest BCUT2D eigenvalue weighted by atomic mass is 10.1. The fourth-order valence-corrected chi connectivity index (χ4v) is 2.22. The number of pyridine rings is 1. The first-order valence-corrected chi connectivity index (χ1v) is 6.04. The van der Waals surface area contributed by atoms with E-state index in [1.54, 1.807) is 0 Å². The molecule has 0 bridgehead atoms. The number of aryl methyl sites for hydroxylation is 1. The lowest BCUT2D eigenvalue weighted by Crippen LogP contribution is -2.53. The van der Waals surface area contributed by atoms with Gasteiger partial charge in [-0.15, -0.1) is 0 Å². The number of hydrogen-bond acceptors (Lipinski definition) is 3. The Balaban J connectivity index is 2.06. The Kier molecular flexibility index (Phi) is 3.56. The monoisotopic (exact) mass is 219 g/mol. The van der Waals surface area contributed by atoms with Crippen molar-refractivity contribution < 1.29 is 0 Å². The number of rotatable bonds is 2. The number of hydrogen-bond donors (Lipinski definition) is 1. The van der Waals surface area contributed by atoms with Gasteiger partial charge in [-0.1, -0.05) is 6.07 Å². The van der Waals surface area contributed by atoms with Crippen LogP contribution in [0.2, 0.25) is 0 Å². The van der Waals surface area contributed by atoms with Gasteiger partial charge in [0.05, 0.1) is 0 Å². The van der Waals surface area contributed by atoms with Gasteiger partial charge in [-0.2, -0.15) is 0 Å². The molecule has 0 radical (unpaired) electrons. The van der Waals surface area contributed by atoms with Crippen LogP contribution in [0.4, 0.5) is 0 Å². The van der Waals surface area contributed by atoms with Gasteiger partial charge in [-0.3, -0.25) is 9.88 Å². The van der Waals surface area contributed by atoms with Crippen LogP contribution in [-0.4, -0.2) is 35.1 Å². The number of nitrogens with one attached hydrogen (secondary N) is 1. The van der Waals surface area contributed by atoms with E-state index in [2.05, 4.69) is 42.0 Å². The van der Waals surface area contributed by atoms with Crippen LogP contribution >= 0.6 is 0 Å². The highest BCUT2D eigenvalue weighted by Gasteiger charge is 2.22. The minimum atomic E-state index is 0.591. The summed E-state index contributed by atoms with van der Waals surface area (Å²) < 4.78 is 0. The first-order valence-electron chi connectivity index (χ1n) is 6.04. The highest BCUT2D eigenvalue weighted by Crippen LogP contribution is 2.13. The van der Waals surface area contributed by atoms with Crippen molar-refractivity contribution in [3.63, 3.8) is 0 Å². The molecule has 0 saturated carbocycles. The van der Waals surface area contributed by atoms with E-state index in [1.807, 2.05) is 12.3 Å². The highest BCUT2D eigenvalue weighted by atomic mass is 15.2. The predicted octanol–water partition coefficient (Wildman–Crippen LogP) is 1.57. The molecule has 2 unspecified atom stereocenters. The van der Waals surface area contributed by atoms with Crippen molar-refractivity contribution >= 4 is 0 Å². The minimum absolute atomic E-state index is 0.591. The standard InChI is InChI=1S/C13H21N3/c1-10-8-16(11(2)7-15-10)9-13-5-4-6-14-12(13)3/h4-6,10-11,15H,7-9H2,1-3H3. The van der Waals surface area contributed by atoms with Gasteiger partial charge in [0.1, 0.15) is 0 Å². The lowest BCUT2D eigenvalue weighted by molar-refractivity contribution is 0.138. The maximum Gasteiger partial charge on any atom is 0.0417 e. The second-order valence-corrected chi connectivity index (χ2v) is 4.84. The molecule has 0 aliphatic carbocycles. The molecule has 1 fully saturated rings. The largest absolute Gasteiger partial charge is 0.311 e. The Hall–Kier alpha value is -0.930. The van der Waals surface area contributed by atoms with Crippen molar-refractivity contribution in [2.45, 2.75) is 39.4 Å². The molecule has 2 heterocycles. The van der Waals surface area contributed by atoms with E-state index < -0.39 is 0 Å².